The highest BCUT2D eigenvalue weighted by molar-refractivity contribution is 5.73. The lowest BCUT2D eigenvalue weighted by Crippen LogP contribution is -2.49. The fourth-order valence-corrected chi connectivity index (χ4v) is 5.57. The van der Waals surface area contributed by atoms with Crippen molar-refractivity contribution in [3.63, 3.8) is 0 Å². The van der Waals surface area contributed by atoms with Gasteiger partial charge in [-0.1, -0.05) is 117 Å². The number of hydrogen-bond donors (Lipinski definition) is 4. The van der Waals surface area contributed by atoms with Crippen molar-refractivity contribution >= 4 is 5.97 Å². The van der Waals surface area contributed by atoms with Gasteiger partial charge >= 0.3 is 5.97 Å². The molecule has 0 aliphatic rings. The number of carboxylic acids is 1. The number of carbonyl (C=O) groups is 1. The molecule has 4 unspecified atom stereocenters. The highest BCUT2D eigenvalue weighted by atomic mass is 16.4. The molecular weight excluding hydrogens is 518 g/mol. The van der Waals surface area contributed by atoms with Gasteiger partial charge in [0.25, 0.3) is 0 Å². The number of unbranched alkanes of at least 4 members (excludes halogenated alkanes) is 14. The van der Waals surface area contributed by atoms with E-state index in [1.54, 1.807) is 28.9 Å². The third-order valence-corrected chi connectivity index (χ3v) is 7.96. The van der Waals surface area contributed by atoms with Gasteiger partial charge in [-0.2, -0.15) is 0 Å². The second-order valence-corrected chi connectivity index (χ2v) is 12.3. The van der Waals surface area contributed by atoms with Crippen LogP contribution in [0.25, 0.3) is 0 Å². The van der Waals surface area contributed by atoms with Crippen molar-refractivity contribution in [2.24, 2.45) is 0 Å². The van der Waals surface area contributed by atoms with Gasteiger partial charge in [0.1, 0.15) is 6.04 Å². The minimum Gasteiger partial charge on any atom is -0.480 e. The maximum Gasteiger partial charge on any atom is 0.321 e. The molecule has 0 fully saturated rings. The molecule has 8 heteroatoms. The van der Waals surface area contributed by atoms with E-state index in [9.17, 15) is 25.2 Å². The fraction of sp³-hybridized carbons (Fsp3) is 0.879. The molecule has 0 radical (unpaired) electrons. The summed E-state index contributed by atoms with van der Waals surface area (Å²) in [5, 5.41) is 41.6. The van der Waals surface area contributed by atoms with Gasteiger partial charge in [-0.3, -0.25) is 9.69 Å². The highest BCUT2D eigenvalue weighted by Crippen LogP contribution is 2.17. The van der Waals surface area contributed by atoms with Gasteiger partial charge in [-0.05, 0) is 19.8 Å². The zero-order chi connectivity index (χ0) is 30.3. The Labute approximate surface area is 250 Å². The molecule has 240 valence electrons. The molecule has 1 aromatic heterocycles. The number of aliphatic hydroxyl groups excluding tert-OH is 3. The smallest absolute Gasteiger partial charge is 0.321 e. The highest BCUT2D eigenvalue weighted by Gasteiger charge is 2.30. The van der Waals surface area contributed by atoms with Crippen molar-refractivity contribution in [3.8, 4) is 0 Å². The molecular formula is C33H63N3O5. The average Bonchev–Trinajstić information content (AvgIpc) is 3.36. The molecule has 1 heterocycles. The second kappa shape index (κ2) is 24.0. The third kappa shape index (κ3) is 19.4. The monoisotopic (exact) mass is 581 g/mol. The van der Waals surface area contributed by atoms with Gasteiger partial charge in [0.15, 0.2) is 0 Å². The Bertz CT molecular complexity index is 729. The van der Waals surface area contributed by atoms with Crippen molar-refractivity contribution in [1.29, 1.82) is 0 Å². The van der Waals surface area contributed by atoms with Gasteiger partial charge in [0.2, 0.25) is 0 Å². The van der Waals surface area contributed by atoms with Crippen LogP contribution in [-0.2, 0) is 17.8 Å². The van der Waals surface area contributed by atoms with E-state index in [2.05, 4.69) is 18.8 Å². The fourth-order valence-electron chi connectivity index (χ4n) is 5.57. The predicted molar refractivity (Wildman–Crippen MR) is 167 cm³/mol. The topological polar surface area (TPSA) is 119 Å². The summed E-state index contributed by atoms with van der Waals surface area (Å²) in [5.41, 5.74) is 0.623. The minimum absolute atomic E-state index is 0.178. The molecule has 4 N–H and O–H groups in total. The molecule has 0 aliphatic carbocycles. The first-order valence-electron chi connectivity index (χ1n) is 16.8. The van der Waals surface area contributed by atoms with Crippen molar-refractivity contribution < 1.29 is 25.2 Å². The standard InChI is InChI=1S/C33H63N3O5/c1-4-6-8-10-12-14-16-18-20-30(38)25-36(26-31(39)21-19-17-15-13-11-9-7-5-2)32(33(40)41)22-29-24-35(27-34-29)23-28(3)37/h24,27-28,30-32,37-39H,4-23,25-26H2,1-3H3,(H,40,41). The minimum atomic E-state index is -0.978. The molecule has 0 saturated carbocycles. The van der Waals surface area contributed by atoms with Gasteiger partial charge < -0.3 is 25.0 Å². The van der Waals surface area contributed by atoms with E-state index in [1.807, 2.05) is 0 Å². The van der Waals surface area contributed by atoms with E-state index < -0.39 is 30.3 Å². The van der Waals surface area contributed by atoms with Crippen LogP contribution < -0.4 is 0 Å². The largest absolute Gasteiger partial charge is 0.480 e. The van der Waals surface area contributed by atoms with Crippen LogP contribution in [0.3, 0.4) is 0 Å². The summed E-state index contributed by atoms with van der Waals surface area (Å²) in [6.07, 6.45) is 22.0. The summed E-state index contributed by atoms with van der Waals surface area (Å²) < 4.78 is 1.76. The lowest BCUT2D eigenvalue weighted by molar-refractivity contribution is -0.144. The van der Waals surface area contributed by atoms with E-state index in [0.717, 1.165) is 25.7 Å². The predicted octanol–water partition coefficient (Wildman–Crippen LogP) is 6.35. The summed E-state index contributed by atoms with van der Waals surface area (Å²) in [7, 11) is 0. The Morgan fingerprint density at radius 1 is 0.780 bits per heavy atom. The van der Waals surface area contributed by atoms with Gasteiger partial charge in [-0.15, -0.1) is 0 Å². The number of aliphatic hydroxyl groups is 3. The molecule has 8 nitrogen and oxygen atoms in total. The molecule has 0 aliphatic heterocycles. The first-order valence-corrected chi connectivity index (χ1v) is 16.8. The van der Waals surface area contributed by atoms with E-state index in [4.69, 9.17) is 0 Å². The van der Waals surface area contributed by atoms with Gasteiger partial charge in [0.05, 0.1) is 30.3 Å². The van der Waals surface area contributed by atoms with Crippen LogP contribution >= 0.6 is 0 Å². The van der Waals surface area contributed by atoms with Crippen molar-refractivity contribution in [2.75, 3.05) is 13.1 Å². The first kappa shape index (κ1) is 37.5. The van der Waals surface area contributed by atoms with E-state index in [-0.39, 0.29) is 19.5 Å². The summed E-state index contributed by atoms with van der Waals surface area (Å²) >= 11 is 0. The van der Waals surface area contributed by atoms with E-state index in [0.29, 0.717) is 25.1 Å². The number of aliphatic carboxylic acids is 1. The maximum atomic E-state index is 12.4. The molecule has 1 rings (SSSR count). The molecule has 1 aromatic rings. The zero-order valence-corrected chi connectivity index (χ0v) is 26.6. The van der Waals surface area contributed by atoms with Crippen molar-refractivity contribution in [3.05, 3.63) is 18.2 Å². The Balaban J connectivity index is 2.68. The van der Waals surface area contributed by atoms with Crippen molar-refractivity contribution in [1.82, 2.24) is 14.5 Å². The maximum absolute atomic E-state index is 12.4. The number of hydrogen-bond acceptors (Lipinski definition) is 6. The second-order valence-electron chi connectivity index (χ2n) is 12.3. The Morgan fingerprint density at radius 2 is 1.22 bits per heavy atom. The van der Waals surface area contributed by atoms with Crippen LogP contribution in [-0.4, -0.2) is 78.3 Å². The summed E-state index contributed by atoms with van der Waals surface area (Å²) in [4.78, 5) is 18.5. The Kier molecular flexibility index (Phi) is 22.0. The van der Waals surface area contributed by atoms with Crippen LogP contribution in [0.1, 0.15) is 142 Å². The van der Waals surface area contributed by atoms with Gasteiger partial charge in [-0.25, -0.2) is 4.98 Å². The van der Waals surface area contributed by atoms with E-state index in [1.165, 1.54) is 77.0 Å². The van der Waals surface area contributed by atoms with Crippen LogP contribution in [0, 0.1) is 0 Å². The van der Waals surface area contributed by atoms with Crippen LogP contribution in [0.4, 0.5) is 0 Å². The Hall–Kier alpha value is -1.48. The molecule has 4 atom stereocenters. The SMILES string of the molecule is CCCCCCCCCCC(O)CN(CC(O)CCCCCCCCCC)C(Cc1cn(CC(C)O)cn1)C(=O)O. The van der Waals surface area contributed by atoms with E-state index >= 15 is 0 Å². The zero-order valence-electron chi connectivity index (χ0n) is 26.6. The first-order chi connectivity index (χ1) is 19.8. The summed E-state index contributed by atoms with van der Waals surface area (Å²) in [5.74, 6) is -0.978. The Morgan fingerprint density at radius 3 is 1.63 bits per heavy atom. The molecule has 41 heavy (non-hydrogen) atoms. The molecule has 0 aromatic carbocycles. The molecule has 0 spiro atoms. The number of carboxylic acid groups (broad SMARTS) is 1. The normalized spacial score (nSPS) is 14.8. The lowest BCUT2D eigenvalue weighted by Gasteiger charge is -2.32. The number of rotatable bonds is 28. The third-order valence-electron chi connectivity index (χ3n) is 7.96. The average molecular weight is 582 g/mol. The molecule has 0 saturated heterocycles. The molecule has 0 bridgehead atoms. The summed E-state index contributed by atoms with van der Waals surface area (Å²) in [6.45, 7) is 6.97. The van der Waals surface area contributed by atoms with Crippen LogP contribution in [0.5, 0.6) is 0 Å². The molecule has 0 amide bonds. The number of aromatic nitrogens is 2. The quantitative estimate of drug-likeness (QED) is 0.0852. The lowest BCUT2D eigenvalue weighted by atomic mass is 10.0. The summed E-state index contributed by atoms with van der Waals surface area (Å²) in [6, 6.07) is -0.897. The van der Waals surface area contributed by atoms with Crippen LogP contribution in [0.15, 0.2) is 12.5 Å². The van der Waals surface area contributed by atoms with Crippen LogP contribution in [0.2, 0.25) is 0 Å². The number of nitrogens with zero attached hydrogens (tertiary/aromatic N) is 3. The van der Waals surface area contributed by atoms with Crippen molar-refractivity contribution in [2.45, 2.75) is 174 Å². The number of imidazole rings is 1. The van der Waals surface area contributed by atoms with Gasteiger partial charge in [0, 0.05) is 32.3 Å².